The second kappa shape index (κ2) is 6.72. The second-order valence-corrected chi connectivity index (χ2v) is 5.78. The average molecular weight is 240 g/mol. The minimum atomic E-state index is 0.443. The molecule has 0 aliphatic carbocycles. The molecule has 2 rings (SSSR count). The normalized spacial score (nSPS) is 36.0. The SMILES string of the molecule is CC1CC(NCCC2CCCCN2C)CCO1. The molecular weight excluding hydrogens is 212 g/mol. The lowest BCUT2D eigenvalue weighted by Gasteiger charge is -2.33. The summed E-state index contributed by atoms with van der Waals surface area (Å²) in [6, 6.07) is 1.50. The standard InChI is InChI=1S/C14H28N2O/c1-12-11-13(7-10-17-12)15-8-6-14-5-3-4-9-16(14)2/h12-15H,3-11H2,1-2H3. The van der Waals surface area contributed by atoms with E-state index in [1.54, 1.807) is 0 Å². The molecule has 2 heterocycles. The van der Waals surface area contributed by atoms with Gasteiger partial charge in [-0.3, -0.25) is 0 Å². The summed E-state index contributed by atoms with van der Waals surface area (Å²) in [5, 5.41) is 3.71. The average Bonchev–Trinajstić information content (AvgIpc) is 2.32. The van der Waals surface area contributed by atoms with Crippen molar-refractivity contribution in [3.63, 3.8) is 0 Å². The Morgan fingerprint density at radius 3 is 2.94 bits per heavy atom. The van der Waals surface area contributed by atoms with Crippen molar-refractivity contribution in [2.45, 2.75) is 63.6 Å². The number of likely N-dealkylation sites (tertiary alicyclic amines) is 1. The molecule has 3 heteroatoms. The van der Waals surface area contributed by atoms with Crippen LogP contribution >= 0.6 is 0 Å². The fourth-order valence-electron chi connectivity index (χ4n) is 3.15. The molecule has 3 atom stereocenters. The van der Waals surface area contributed by atoms with Crippen LogP contribution in [0.5, 0.6) is 0 Å². The van der Waals surface area contributed by atoms with Crippen LogP contribution in [0.25, 0.3) is 0 Å². The highest BCUT2D eigenvalue weighted by Crippen LogP contribution is 2.18. The zero-order chi connectivity index (χ0) is 12.1. The molecule has 0 bridgehead atoms. The van der Waals surface area contributed by atoms with E-state index in [1.165, 1.54) is 51.6 Å². The molecule has 0 radical (unpaired) electrons. The Morgan fingerprint density at radius 1 is 1.29 bits per heavy atom. The molecule has 2 saturated heterocycles. The van der Waals surface area contributed by atoms with E-state index >= 15 is 0 Å². The first kappa shape index (κ1) is 13.3. The van der Waals surface area contributed by atoms with Crippen LogP contribution < -0.4 is 5.32 Å². The van der Waals surface area contributed by atoms with Gasteiger partial charge in [-0.25, -0.2) is 0 Å². The molecule has 100 valence electrons. The van der Waals surface area contributed by atoms with Gasteiger partial charge in [0.15, 0.2) is 0 Å². The number of nitrogens with one attached hydrogen (secondary N) is 1. The van der Waals surface area contributed by atoms with E-state index in [0.717, 1.165) is 12.6 Å². The summed E-state index contributed by atoms with van der Waals surface area (Å²) in [6.45, 7) is 5.58. The van der Waals surface area contributed by atoms with Crippen LogP contribution in [0.15, 0.2) is 0 Å². The Morgan fingerprint density at radius 2 is 2.18 bits per heavy atom. The Hall–Kier alpha value is -0.120. The highest BCUT2D eigenvalue weighted by molar-refractivity contribution is 4.78. The van der Waals surface area contributed by atoms with Crippen molar-refractivity contribution in [2.24, 2.45) is 0 Å². The van der Waals surface area contributed by atoms with E-state index < -0.39 is 0 Å². The van der Waals surface area contributed by atoms with Gasteiger partial charge in [-0.15, -0.1) is 0 Å². The Balaban J connectivity index is 1.61. The maximum atomic E-state index is 5.57. The third kappa shape index (κ3) is 4.23. The van der Waals surface area contributed by atoms with Crippen molar-refractivity contribution < 1.29 is 4.74 Å². The molecule has 0 saturated carbocycles. The van der Waals surface area contributed by atoms with Crippen molar-refractivity contribution in [1.82, 2.24) is 10.2 Å². The summed E-state index contributed by atoms with van der Waals surface area (Å²) in [4.78, 5) is 2.54. The maximum absolute atomic E-state index is 5.57. The number of hydrogen-bond acceptors (Lipinski definition) is 3. The predicted molar refractivity (Wildman–Crippen MR) is 71.3 cm³/mol. The lowest BCUT2D eigenvalue weighted by atomic mass is 9.99. The van der Waals surface area contributed by atoms with Crippen LogP contribution in [0.3, 0.4) is 0 Å². The summed E-state index contributed by atoms with van der Waals surface area (Å²) in [7, 11) is 2.28. The van der Waals surface area contributed by atoms with Crippen LogP contribution in [-0.4, -0.2) is 49.8 Å². The van der Waals surface area contributed by atoms with Crippen LogP contribution in [-0.2, 0) is 4.74 Å². The smallest absolute Gasteiger partial charge is 0.0561 e. The lowest BCUT2D eigenvalue weighted by molar-refractivity contribution is 0.0129. The molecule has 0 amide bonds. The predicted octanol–water partition coefficient (Wildman–Crippen LogP) is 2.02. The van der Waals surface area contributed by atoms with Gasteiger partial charge in [0.25, 0.3) is 0 Å². The van der Waals surface area contributed by atoms with E-state index in [0.29, 0.717) is 12.1 Å². The number of rotatable bonds is 4. The molecule has 0 spiro atoms. The topological polar surface area (TPSA) is 24.5 Å². The molecule has 2 aliphatic heterocycles. The van der Waals surface area contributed by atoms with Crippen molar-refractivity contribution in [3.05, 3.63) is 0 Å². The Labute approximate surface area is 106 Å². The third-order valence-electron chi connectivity index (χ3n) is 4.32. The molecule has 3 unspecified atom stereocenters. The molecule has 0 aromatic rings. The number of nitrogens with zero attached hydrogens (tertiary/aromatic N) is 1. The molecule has 17 heavy (non-hydrogen) atoms. The van der Waals surface area contributed by atoms with Gasteiger partial charge in [0.2, 0.25) is 0 Å². The highest BCUT2D eigenvalue weighted by atomic mass is 16.5. The van der Waals surface area contributed by atoms with Gasteiger partial charge in [0.1, 0.15) is 0 Å². The van der Waals surface area contributed by atoms with Gasteiger partial charge in [0, 0.05) is 18.7 Å². The number of ether oxygens (including phenoxy) is 1. The zero-order valence-electron chi connectivity index (χ0n) is 11.5. The quantitative estimate of drug-likeness (QED) is 0.813. The molecule has 0 aromatic carbocycles. The summed E-state index contributed by atoms with van der Waals surface area (Å²) in [5.74, 6) is 0. The first-order chi connectivity index (χ1) is 8.25. The molecule has 2 aliphatic rings. The summed E-state index contributed by atoms with van der Waals surface area (Å²) in [6.07, 6.45) is 8.32. The fourth-order valence-corrected chi connectivity index (χ4v) is 3.15. The van der Waals surface area contributed by atoms with Crippen molar-refractivity contribution in [3.8, 4) is 0 Å². The fraction of sp³-hybridized carbons (Fsp3) is 1.00. The van der Waals surface area contributed by atoms with Gasteiger partial charge in [-0.05, 0) is 59.2 Å². The summed E-state index contributed by atoms with van der Waals surface area (Å²) >= 11 is 0. The minimum Gasteiger partial charge on any atom is -0.378 e. The van der Waals surface area contributed by atoms with E-state index in [-0.39, 0.29) is 0 Å². The van der Waals surface area contributed by atoms with Crippen molar-refractivity contribution in [2.75, 3.05) is 26.7 Å². The Bertz CT molecular complexity index is 222. The molecule has 3 nitrogen and oxygen atoms in total. The minimum absolute atomic E-state index is 0.443. The molecule has 1 N–H and O–H groups in total. The third-order valence-corrected chi connectivity index (χ3v) is 4.32. The van der Waals surface area contributed by atoms with E-state index in [4.69, 9.17) is 4.74 Å². The van der Waals surface area contributed by atoms with Gasteiger partial charge < -0.3 is 15.0 Å². The largest absolute Gasteiger partial charge is 0.378 e. The van der Waals surface area contributed by atoms with E-state index in [2.05, 4.69) is 24.2 Å². The number of piperidine rings is 1. The van der Waals surface area contributed by atoms with Crippen LogP contribution in [0.2, 0.25) is 0 Å². The van der Waals surface area contributed by atoms with Crippen LogP contribution in [0.1, 0.15) is 45.4 Å². The van der Waals surface area contributed by atoms with Crippen molar-refractivity contribution >= 4 is 0 Å². The Kier molecular flexibility index (Phi) is 5.26. The highest BCUT2D eigenvalue weighted by Gasteiger charge is 2.21. The monoisotopic (exact) mass is 240 g/mol. The van der Waals surface area contributed by atoms with E-state index in [9.17, 15) is 0 Å². The van der Waals surface area contributed by atoms with Gasteiger partial charge >= 0.3 is 0 Å². The first-order valence-electron chi connectivity index (χ1n) is 7.31. The first-order valence-corrected chi connectivity index (χ1v) is 7.31. The van der Waals surface area contributed by atoms with Crippen LogP contribution in [0, 0.1) is 0 Å². The van der Waals surface area contributed by atoms with Crippen LogP contribution in [0.4, 0.5) is 0 Å². The lowest BCUT2D eigenvalue weighted by Crippen LogP contribution is -2.42. The second-order valence-electron chi connectivity index (χ2n) is 5.78. The van der Waals surface area contributed by atoms with Gasteiger partial charge in [0.05, 0.1) is 6.10 Å². The molecule has 2 fully saturated rings. The molecular formula is C14H28N2O. The summed E-state index contributed by atoms with van der Waals surface area (Å²) in [5.41, 5.74) is 0. The maximum Gasteiger partial charge on any atom is 0.0561 e. The van der Waals surface area contributed by atoms with Gasteiger partial charge in [-0.1, -0.05) is 6.42 Å². The number of hydrogen-bond donors (Lipinski definition) is 1. The molecule has 0 aromatic heterocycles. The summed E-state index contributed by atoms with van der Waals surface area (Å²) < 4.78 is 5.57. The van der Waals surface area contributed by atoms with E-state index in [1.807, 2.05) is 0 Å². The zero-order valence-corrected chi connectivity index (χ0v) is 11.5. The van der Waals surface area contributed by atoms with Gasteiger partial charge in [-0.2, -0.15) is 0 Å². The van der Waals surface area contributed by atoms with Crippen molar-refractivity contribution in [1.29, 1.82) is 0 Å².